The van der Waals surface area contributed by atoms with Crippen molar-refractivity contribution in [2.75, 3.05) is 39.6 Å². The van der Waals surface area contributed by atoms with Crippen LogP contribution in [0.5, 0.6) is 0 Å². The SMILES string of the molecule is CC(=O)N[C@H]1[C@@H](O[C@H](COP(=O)(O)OC[C@@H](C)O)[C@@H](O)[C@@H](O)COP(=O)(O)OC[C@@H](O)[C@@H](O)[C@@H](O)CO)O[C@H](CO)[C@@H](O)[C@@H]1O. The van der Waals surface area contributed by atoms with Gasteiger partial charge in [0, 0.05) is 6.92 Å². The molecule has 0 aromatic carbocycles. The molecule has 0 aromatic rings. The smallest absolute Gasteiger partial charge is 0.394 e. The van der Waals surface area contributed by atoms with Crippen molar-refractivity contribution in [2.45, 2.75) is 87.2 Å². The largest absolute Gasteiger partial charge is 0.472 e. The van der Waals surface area contributed by atoms with Crippen LogP contribution < -0.4 is 5.32 Å². The van der Waals surface area contributed by atoms with Crippen LogP contribution in [0.3, 0.4) is 0 Å². The molecule has 0 saturated carbocycles. The van der Waals surface area contributed by atoms with Gasteiger partial charge in [0.05, 0.1) is 45.7 Å². The Morgan fingerprint density at radius 3 is 1.76 bits per heavy atom. The van der Waals surface area contributed by atoms with Gasteiger partial charge in [-0.05, 0) is 6.92 Å². The van der Waals surface area contributed by atoms with E-state index in [1.54, 1.807) is 0 Å². The molecule has 1 amide bonds. The Labute approximate surface area is 256 Å². The molecule has 1 fully saturated rings. The lowest BCUT2D eigenvalue weighted by Crippen LogP contribution is -2.65. The van der Waals surface area contributed by atoms with Gasteiger partial charge in [-0.1, -0.05) is 0 Å². The first-order chi connectivity index (χ1) is 20.7. The van der Waals surface area contributed by atoms with Crippen molar-refractivity contribution in [3.63, 3.8) is 0 Å². The van der Waals surface area contributed by atoms with E-state index in [1.165, 1.54) is 6.92 Å². The minimum absolute atomic E-state index is 0.673. The molecule has 1 heterocycles. The Kier molecular flexibility index (Phi) is 18.1. The normalized spacial score (nSPS) is 29.8. The van der Waals surface area contributed by atoms with Crippen molar-refractivity contribution in [1.29, 1.82) is 0 Å². The Balaban J connectivity index is 3.10. The van der Waals surface area contributed by atoms with Gasteiger partial charge >= 0.3 is 15.6 Å². The van der Waals surface area contributed by atoms with Crippen LogP contribution in [0.25, 0.3) is 0 Å². The molecule has 45 heavy (non-hydrogen) atoms. The number of aliphatic hydroxyl groups is 10. The van der Waals surface area contributed by atoms with Crippen molar-refractivity contribution in [3.8, 4) is 0 Å². The van der Waals surface area contributed by atoms with E-state index in [0.717, 1.165) is 6.92 Å². The zero-order chi connectivity index (χ0) is 34.7. The highest BCUT2D eigenvalue weighted by Gasteiger charge is 2.47. The summed E-state index contributed by atoms with van der Waals surface area (Å²) in [6.45, 7) is -3.74. The number of hydrogen-bond acceptors (Lipinski definition) is 19. The van der Waals surface area contributed by atoms with E-state index in [9.17, 15) is 69.7 Å². The second-order valence-corrected chi connectivity index (χ2v) is 12.8. The van der Waals surface area contributed by atoms with Gasteiger partial charge in [0.15, 0.2) is 6.29 Å². The average molecular weight is 708 g/mol. The second kappa shape index (κ2) is 19.3. The molecule has 13 N–H and O–H groups in total. The van der Waals surface area contributed by atoms with Crippen LogP contribution >= 0.6 is 15.6 Å². The number of hydrogen-bond donors (Lipinski definition) is 13. The van der Waals surface area contributed by atoms with Gasteiger partial charge in [0.25, 0.3) is 0 Å². The van der Waals surface area contributed by atoms with Crippen LogP contribution in [0, 0.1) is 0 Å². The molecule has 0 spiro atoms. The molecular weight excluding hydrogens is 664 g/mol. The fourth-order valence-electron chi connectivity index (χ4n) is 3.57. The predicted molar refractivity (Wildman–Crippen MR) is 142 cm³/mol. The van der Waals surface area contributed by atoms with Gasteiger partial charge < -0.3 is 75.6 Å². The van der Waals surface area contributed by atoms with E-state index in [-0.39, 0.29) is 0 Å². The molecule has 2 unspecified atom stereocenters. The molecule has 0 radical (unpaired) electrons. The first kappa shape index (κ1) is 42.2. The summed E-state index contributed by atoms with van der Waals surface area (Å²) in [5.41, 5.74) is 0. The lowest BCUT2D eigenvalue weighted by atomic mass is 9.96. The van der Waals surface area contributed by atoms with Crippen molar-refractivity contribution in [1.82, 2.24) is 5.32 Å². The maximum Gasteiger partial charge on any atom is 0.472 e. The summed E-state index contributed by atoms with van der Waals surface area (Å²) in [7, 11) is -10.1. The summed E-state index contributed by atoms with van der Waals surface area (Å²) in [5.74, 6) is -0.763. The minimum atomic E-state index is -5.14. The first-order valence-electron chi connectivity index (χ1n) is 13.2. The van der Waals surface area contributed by atoms with Gasteiger partial charge in [-0.15, -0.1) is 0 Å². The number of phosphoric acid groups is 2. The van der Waals surface area contributed by atoms with Crippen molar-refractivity contribution < 1.29 is 102 Å². The summed E-state index contributed by atoms with van der Waals surface area (Å²) in [5, 5.41) is 100. The zero-order valence-electron chi connectivity index (χ0n) is 24.1. The first-order valence-corrected chi connectivity index (χ1v) is 16.2. The van der Waals surface area contributed by atoms with E-state index < -0.39 is 135 Å². The third-order valence-corrected chi connectivity index (χ3v) is 7.91. The van der Waals surface area contributed by atoms with Crippen molar-refractivity contribution in [2.24, 2.45) is 0 Å². The van der Waals surface area contributed by atoms with Crippen LogP contribution in [0.4, 0.5) is 0 Å². The highest BCUT2D eigenvalue weighted by molar-refractivity contribution is 7.47. The highest BCUT2D eigenvalue weighted by Crippen LogP contribution is 2.45. The molecule has 0 aromatic heterocycles. The quantitative estimate of drug-likeness (QED) is 0.0493. The van der Waals surface area contributed by atoms with E-state index in [2.05, 4.69) is 18.9 Å². The number of carbonyl (C=O) groups excluding carboxylic acids is 1. The number of ether oxygens (including phenoxy) is 2. The molecule has 24 heteroatoms. The standard InChI is InChI=1S/C21H43NO21P2/c1-9(25)5-38-44(34,35)41-8-15(43-21-16(22-10(2)26)20(33)19(32)14(4-24)42-21)18(31)13(29)7-40-45(36,37)39-6-12(28)17(30)11(27)3-23/h9,11-21,23-25,27-33H,3-8H2,1-2H3,(H,22,26)(H,34,35)(H,36,37)/t9-,11+,12-,13+,14-,15-,16-,17+,18+,19-,20-,21-/m1/s1. The van der Waals surface area contributed by atoms with E-state index >= 15 is 0 Å². The van der Waals surface area contributed by atoms with Gasteiger partial charge in [-0.25, -0.2) is 9.13 Å². The van der Waals surface area contributed by atoms with Crippen molar-refractivity contribution in [3.05, 3.63) is 0 Å². The number of carbonyl (C=O) groups is 1. The molecule has 1 saturated heterocycles. The fraction of sp³-hybridized carbons (Fsp3) is 0.952. The average Bonchev–Trinajstić information content (AvgIpc) is 2.97. The number of amides is 1. The minimum Gasteiger partial charge on any atom is -0.394 e. The van der Waals surface area contributed by atoms with Gasteiger partial charge in [0.1, 0.15) is 61.0 Å². The van der Waals surface area contributed by atoms with E-state index in [0.29, 0.717) is 0 Å². The molecule has 0 bridgehead atoms. The number of aliphatic hydroxyl groups excluding tert-OH is 10. The lowest BCUT2D eigenvalue weighted by molar-refractivity contribution is -0.294. The van der Waals surface area contributed by atoms with E-state index in [4.69, 9.17) is 19.1 Å². The van der Waals surface area contributed by atoms with Crippen LogP contribution in [-0.4, -0.2) is 180 Å². The summed E-state index contributed by atoms with van der Waals surface area (Å²) < 4.78 is 53.6. The number of phosphoric ester groups is 2. The van der Waals surface area contributed by atoms with Gasteiger partial charge in [0.2, 0.25) is 5.91 Å². The molecule has 1 rings (SSSR count). The molecule has 14 atom stereocenters. The molecule has 1 aliphatic rings. The zero-order valence-corrected chi connectivity index (χ0v) is 25.9. The Morgan fingerprint density at radius 2 is 1.29 bits per heavy atom. The third kappa shape index (κ3) is 14.5. The van der Waals surface area contributed by atoms with E-state index in [1.807, 2.05) is 0 Å². The highest BCUT2D eigenvalue weighted by atomic mass is 31.2. The topological polar surface area (TPSA) is 361 Å². The Hall–Kier alpha value is -0.790. The molecule has 22 nitrogen and oxygen atoms in total. The van der Waals surface area contributed by atoms with Crippen LogP contribution in [0.1, 0.15) is 13.8 Å². The maximum absolute atomic E-state index is 12.2. The second-order valence-electron chi connectivity index (χ2n) is 9.94. The maximum atomic E-state index is 12.2. The monoisotopic (exact) mass is 707 g/mol. The predicted octanol–water partition coefficient (Wildman–Crippen LogP) is -6.24. The summed E-state index contributed by atoms with van der Waals surface area (Å²) >= 11 is 0. The number of rotatable bonds is 21. The van der Waals surface area contributed by atoms with Gasteiger partial charge in [-0.2, -0.15) is 0 Å². The summed E-state index contributed by atoms with van der Waals surface area (Å²) in [6, 6.07) is -1.59. The third-order valence-electron chi connectivity index (χ3n) is 6.01. The van der Waals surface area contributed by atoms with Crippen LogP contribution in [0.15, 0.2) is 0 Å². The molecule has 0 aliphatic carbocycles. The van der Waals surface area contributed by atoms with Crippen molar-refractivity contribution >= 4 is 21.6 Å². The van der Waals surface area contributed by atoms with Crippen LogP contribution in [0.2, 0.25) is 0 Å². The molecule has 268 valence electrons. The summed E-state index contributed by atoms with van der Waals surface area (Å²) in [6.07, 6.45) is -20.4. The lowest BCUT2D eigenvalue weighted by Gasteiger charge is -2.43. The number of nitrogens with one attached hydrogen (secondary N) is 1. The Morgan fingerprint density at radius 1 is 0.800 bits per heavy atom. The van der Waals surface area contributed by atoms with Crippen LogP contribution in [-0.2, 0) is 41.5 Å². The molecule has 1 aliphatic heterocycles. The Bertz CT molecular complexity index is 977. The summed E-state index contributed by atoms with van der Waals surface area (Å²) in [4.78, 5) is 31.4. The molecular formula is C21H43NO21P2. The van der Waals surface area contributed by atoms with Gasteiger partial charge in [-0.3, -0.25) is 22.9 Å². The fourth-order valence-corrected chi connectivity index (χ4v) is 5.14.